The van der Waals surface area contributed by atoms with E-state index < -0.39 is 0 Å². The van der Waals surface area contributed by atoms with E-state index in [0.717, 1.165) is 38.9 Å². The third-order valence-electron chi connectivity index (χ3n) is 4.03. The maximum atomic E-state index is 11.9. The van der Waals surface area contributed by atoms with Gasteiger partial charge in [0.25, 0.3) is 0 Å². The lowest BCUT2D eigenvalue weighted by atomic mass is 10.1. The number of aryl methyl sites for hydroxylation is 1. The molecular formula is C16H22ClN3O. The highest BCUT2D eigenvalue weighted by molar-refractivity contribution is 5.85. The molecular weight excluding hydrogens is 286 g/mol. The number of para-hydroxylation sites is 1. The number of amides is 1. The summed E-state index contributed by atoms with van der Waals surface area (Å²) in [5.41, 5.74) is 2.51. The van der Waals surface area contributed by atoms with Crippen LogP contribution in [-0.4, -0.2) is 30.5 Å². The average Bonchev–Trinajstić information content (AvgIpc) is 3.13. The zero-order chi connectivity index (χ0) is 13.8. The van der Waals surface area contributed by atoms with Crippen LogP contribution in [0.4, 0.5) is 0 Å². The van der Waals surface area contributed by atoms with Crippen molar-refractivity contribution in [1.82, 2.24) is 15.6 Å². The van der Waals surface area contributed by atoms with Crippen LogP contribution in [0.2, 0.25) is 0 Å². The fourth-order valence-corrected chi connectivity index (χ4v) is 2.85. The molecule has 1 fully saturated rings. The number of hydrogen-bond donors (Lipinski definition) is 3. The van der Waals surface area contributed by atoms with E-state index in [1.54, 1.807) is 0 Å². The Morgan fingerprint density at radius 2 is 2.19 bits per heavy atom. The van der Waals surface area contributed by atoms with E-state index in [1.807, 2.05) is 6.07 Å². The number of aromatic nitrogens is 1. The van der Waals surface area contributed by atoms with Gasteiger partial charge in [0.05, 0.1) is 5.92 Å². The van der Waals surface area contributed by atoms with Crippen LogP contribution in [0.3, 0.4) is 0 Å². The fourth-order valence-electron chi connectivity index (χ4n) is 2.85. The van der Waals surface area contributed by atoms with Crippen LogP contribution in [0.15, 0.2) is 30.5 Å². The van der Waals surface area contributed by atoms with Crippen molar-refractivity contribution in [3.63, 3.8) is 0 Å². The minimum absolute atomic E-state index is 0. The molecule has 114 valence electrons. The van der Waals surface area contributed by atoms with E-state index in [9.17, 15) is 4.79 Å². The molecule has 0 bridgehead atoms. The highest BCUT2D eigenvalue weighted by Gasteiger charge is 2.21. The third-order valence-corrected chi connectivity index (χ3v) is 4.03. The number of carbonyl (C=O) groups excluding carboxylic acids is 1. The number of hydrogen-bond acceptors (Lipinski definition) is 2. The van der Waals surface area contributed by atoms with Gasteiger partial charge in [-0.05, 0) is 37.4 Å². The third kappa shape index (κ3) is 3.77. The summed E-state index contributed by atoms with van der Waals surface area (Å²) in [6.45, 7) is 2.55. The van der Waals surface area contributed by atoms with Crippen molar-refractivity contribution >= 4 is 29.2 Å². The lowest BCUT2D eigenvalue weighted by Gasteiger charge is -2.09. The summed E-state index contributed by atoms with van der Waals surface area (Å²) >= 11 is 0. The van der Waals surface area contributed by atoms with Crippen LogP contribution in [-0.2, 0) is 11.2 Å². The van der Waals surface area contributed by atoms with Gasteiger partial charge in [-0.3, -0.25) is 4.79 Å². The molecule has 3 rings (SSSR count). The minimum Gasteiger partial charge on any atom is -0.361 e. The molecule has 0 aliphatic carbocycles. The van der Waals surface area contributed by atoms with Crippen molar-refractivity contribution in [1.29, 1.82) is 0 Å². The van der Waals surface area contributed by atoms with E-state index in [-0.39, 0.29) is 24.2 Å². The molecule has 1 unspecified atom stereocenters. The molecule has 0 spiro atoms. The van der Waals surface area contributed by atoms with Gasteiger partial charge in [0, 0.05) is 30.2 Å². The Kier molecular flexibility index (Phi) is 5.65. The van der Waals surface area contributed by atoms with Gasteiger partial charge in [0.1, 0.15) is 0 Å². The molecule has 3 N–H and O–H groups in total. The number of benzene rings is 1. The Labute approximate surface area is 131 Å². The number of rotatable bonds is 5. The van der Waals surface area contributed by atoms with E-state index >= 15 is 0 Å². The summed E-state index contributed by atoms with van der Waals surface area (Å²) in [6.07, 6.45) is 5.02. The van der Waals surface area contributed by atoms with Crippen LogP contribution in [0.5, 0.6) is 0 Å². The molecule has 1 aliphatic rings. The summed E-state index contributed by atoms with van der Waals surface area (Å²) in [7, 11) is 0. The molecule has 0 radical (unpaired) electrons. The lowest BCUT2D eigenvalue weighted by Crippen LogP contribution is -2.32. The number of carbonyl (C=O) groups is 1. The van der Waals surface area contributed by atoms with Crippen molar-refractivity contribution in [2.45, 2.75) is 19.3 Å². The predicted octanol–water partition coefficient (Wildman–Crippen LogP) is 2.25. The highest BCUT2D eigenvalue weighted by Crippen LogP contribution is 2.18. The quantitative estimate of drug-likeness (QED) is 0.742. The van der Waals surface area contributed by atoms with Crippen molar-refractivity contribution in [3.05, 3.63) is 36.0 Å². The van der Waals surface area contributed by atoms with Crippen LogP contribution < -0.4 is 10.6 Å². The number of fused-ring (bicyclic) bond motifs is 1. The first-order valence-corrected chi connectivity index (χ1v) is 7.38. The zero-order valence-electron chi connectivity index (χ0n) is 12.0. The Morgan fingerprint density at radius 3 is 3.00 bits per heavy atom. The number of halogens is 1. The van der Waals surface area contributed by atoms with Gasteiger partial charge in [0.2, 0.25) is 5.91 Å². The topological polar surface area (TPSA) is 56.9 Å². The first-order chi connectivity index (χ1) is 9.84. The van der Waals surface area contributed by atoms with Crippen LogP contribution in [0.25, 0.3) is 10.9 Å². The van der Waals surface area contributed by atoms with Crippen LogP contribution >= 0.6 is 12.4 Å². The van der Waals surface area contributed by atoms with Crippen molar-refractivity contribution < 1.29 is 4.79 Å². The van der Waals surface area contributed by atoms with E-state index in [4.69, 9.17) is 0 Å². The number of aromatic amines is 1. The molecule has 5 heteroatoms. The first-order valence-electron chi connectivity index (χ1n) is 7.38. The molecule has 1 aliphatic heterocycles. The Bertz CT molecular complexity index is 590. The Morgan fingerprint density at radius 1 is 1.33 bits per heavy atom. The monoisotopic (exact) mass is 307 g/mol. The molecule has 4 nitrogen and oxygen atoms in total. The normalized spacial score (nSPS) is 17.6. The highest BCUT2D eigenvalue weighted by atomic mass is 35.5. The van der Waals surface area contributed by atoms with Crippen LogP contribution in [0.1, 0.15) is 18.4 Å². The average molecular weight is 308 g/mol. The van der Waals surface area contributed by atoms with E-state index in [2.05, 4.69) is 40.0 Å². The van der Waals surface area contributed by atoms with Gasteiger partial charge < -0.3 is 15.6 Å². The number of nitrogens with one attached hydrogen (secondary N) is 3. The largest absolute Gasteiger partial charge is 0.361 e. The number of H-pyrrole nitrogens is 1. The molecule has 1 amide bonds. The molecule has 1 aromatic carbocycles. The van der Waals surface area contributed by atoms with Crippen LogP contribution in [0, 0.1) is 5.92 Å². The Hall–Kier alpha value is -1.52. The molecule has 1 aromatic heterocycles. The summed E-state index contributed by atoms with van der Waals surface area (Å²) < 4.78 is 0. The SMILES string of the molecule is Cl.O=C(NCCCc1c[nH]c2ccccc12)C1CCNC1. The molecule has 21 heavy (non-hydrogen) atoms. The summed E-state index contributed by atoms with van der Waals surface area (Å²) in [4.78, 5) is 15.1. The summed E-state index contributed by atoms with van der Waals surface area (Å²) in [5, 5.41) is 7.56. The van der Waals surface area contributed by atoms with Gasteiger partial charge in [-0.1, -0.05) is 18.2 Å². The van der Waals surface area contributed by atoms with Gasteiger partial charge in [-0.25, -0.2) is 0 Å². The smallest absolute Gasteiger partial charge is 0.224 e. The van der Waals surface area contributed by atoms with Crippen molar-refractivity contribution in [3.8, 4) is 0 Å². The van der Waals surface area contributed by atoms with Crippen molar-refractivity contribution in [2.24, 2.45) is 5.92 Å². The second-order valence-electron chi connectivity index (χ2n) is 5.44. The maximum absolute atomic E-state index is 11.9. The van der Waals surface area contributed by atoms with Gasteiger partial charge in [0.15, 0.2) is 0 Å². The zero-order valence-corrected chi connectivity index (χ0v) is 12.8. The molecule has 0 saturated carbocycles. The molecule has 2 aromatic rings. The van der Waals surface area contributed by atoms with Gasteiger partial charge in [-0.15, -0.1) is 12.4 Å². The summed E-state index contributed by atoms with van der Waals surface area (Å²) in [5.74, 6) is 0.372. The lowest BCUT2D eigenvalue weighted by molar-refractivity contribution is -0.124. The molecule has 2 heterocycles. The fraction of sp³-hybridized carbons (Fsp3) is 0.438. The maximum Gasteiger partial charge on any atom is 0.224 e. The van der Waals surface area contributed by atoms with E-state index in [0.29, 0.717) is 0 Å². The van der Waals surface area contributed by atoms with E-state index in [1.165, 1.54) is 16.5 Å². The standard InChI is InChI=1S/C16H21N3O.ClH/c20-16(13-7-9-17-10-13)18-8-3-4-12-11-19-15-6-2-1-5-14(12)15;/h1-2,5-6,11,13,17,19H,3-4,7-10H2,(H,18,20);1H. The second kappa shape index (κ2) is 7.48. The predicted molar refractivity (Wildman–Crippen MR) is 87.9 cm³/mol. The first kappa shape index (κ1) is 15.9. The Balaban J connectivity index is 0.00000161. The van der Waals surface area contributed by atoms with Crippen molar-refractivity contribution in [2.75, 3.05) is 19.6 Å². The molecule has 1 atom stereocenters. The van der Waals surface area contributed by atoms with Gasteiger partial charge in [-0.2, -0.15) is 0 Å². The molecule has 1 saturated heterocycles. The summed E-state index contributed by atoms with van der Waals surface area (Å²) in [6, 6.07) is 8.34. The minimum atomic E-state index is 0. The van der Waals surface area contributed by atoms with Gasteiger partial charge >= 0.3 is 0 Å². The second-order valence-corrected chi connectivity index (χ2v) is 5.44.